The van der Waals surface area contributed by atoms with Crippen LogP contribution in [-0.2, 0) is 11.3 Å². The highest BCUT2D eigenvalue weighted by Crippen LogP contribution is 2.29. The number of hydrogen-bond acceptors (Lipinski definition) is 2. The van der Waals surface area contributed by atoms with Gasteiger partial charge in [-0.1, -0.05) is 54.6 Å². The van der Waals surface area contributed by atoms with E-state index in [1.807, 2.05) is 43.3 Å². The van der Waals surface area contributed by atoms with E-state index < -0.39 is 0 Å². The zero-order valence-electron chi connectivity index (χ0n) is 14.2. The standard InChI is InChI=1S/C21H21NO2/c1-15-9-7-8-12-18(15)20-13-19(21(23)24-3)16(2)22(20)14-17-10-5-4-6-11-17/h4-13H,14H2,1-3H3. The number of ether oxygens (including phenoxy) is 1. The number of benzene rings is 2. The molecule has 0 bridgehead atoms. The molecule has 0 N–H and O–H groups in total. The maximum atomic E-state index is 12.1. The van der Waals surface area contributed by atoms with Crippen molar-refractivity contribution in [3.05, 3.63) is 83.0 Å². The second-order valence-electron chi connectivity index (χ2n) is 5.91. The zero-order chi connectivity index (χ0) is 17.1. The van der Waals surface area contributed by atoms with Crippen LogP contribution in [0.15, 0.2) is 60.7 Å². The van der Waals surface area contributed by atoms with Gasteiger partial charge in [0.1, 0.15) is 0 Å². The summed E-state index contributed by atoms with van der Waals surface area (Å²) in [5.41, 5.74) is 6.08. The van der Waals surface area contributed by atoms with Gasteiger partial charge in [0.15, 0.2) is 0 Å². The molecule has 0 saturated heterocycles. The molecule has 3 nitrogen and oxygen atoms in total. The van der Waals surface area contributed by atoms with Gasteiger partial charge < -0.3 is 9.30 Å². The molecule has 3 heteroatoms. The fourth-order valence-electron chi connectivity index (χ4n) is 3.01. The maximum Gasteiger partial charge on any atom is 0.339 e. The number of carbonyl (C=O) groups excluding carboxylic acids is 1. The molecule has 3 rings (SSSR count). The average Bonchev–Trinajstić information content (AvgIpc) is 2.92. The van der Waals surface area contributed by atoms with E-state index in [0.717, 1.165) is 17.0 Å². The molecule has 3 aromatic rings. The average molecular weight is 319 g/mol. The fourth-order valence-corrected chi connectivity index (χ4v) is 3.01. The number of esters is 1. The third-order valence-corrected chi connectivity index (χ3v) is 4.38. The van der Waals surface area contributed by atoms with E-state index in [1.54, 1.807) is 0 Å². The van der Waals surface area contributed by atoms with E-state index in [-0.39, 0.29) is 5.97 Å². The minimum Gasteiger partial charge on any atom is -0.465 e. The van der Waals surface area contributed by atoms with Crippen LogP contribution < -0.4 is 0 Å². The zero-order valence-corrected chi connectivity index (χ0v) is 14.2. The Morgan fingerprint density at radius 3 is 2.33 bits per heavy atom. The summed E-state index contributed by atoms with van der Waals surface area (Å²) in [4.78, 5) is 12.1. The molecule has 0 spiro atoms. The van der Waals surface area contributed by atoms with Crippen molar-refractivity contribution < 1.29 is 9.53 Å². The Bertz CT molecular complexity index is 863. The van der Waals surface area contributed by atoms with Crippen LogP contribution in [-0.4, -0.2) is 17.6 Å². The fraction of sp³-hybridized carbons (Fsp3) is 0.190. The number of methoxy groups -OCH3 is 1. The second-order valence-corrected chi connectivity index (χ2v) is 5.91. The van der Waals surface area contributed by atoms with E-state index in [0.29, 0.717) is 12.1 Å². The summed E-state index contributed by atoms with van der Waals surface area (Å²) in [6.45, 7) is 4.77. The molecule has 0 radical (unpaired) electrons. The SMILES string of the molecule is COC(=O)c1cc(-c2ccccc2C)n(Cc2ccccc2)c1C. The molecular formula is C21H21NO2. The molecule has 0 atom stereocenters. The van der Waals surface area contributed by atoms with Crippen LogP contribution in [0.3, 0.4) is 0 Å². The monoisotopic (exact) mass is 319 g/mol. The first-order valence-corrected chi connectivity index (χ1v) is 8.00. The molecule has 0 amide bonds. The van der Waals surface area contributed by atoms with Crippen molar-refractivity contribution in [1.29, 1.82) is 0 Å². The van der Waals surface area contributed by atoms with Gasteiger partial charge in [-0.3, -0.25) is 0 Å². The Morgan fingerprint density at radius 1 is 1.00 bits per heavy atom. The predicted octanol–water partition coefficient (Wildman–Crippen LogP) is 4.61. The number of hydrogen-bond donors (Lipinski definition) is 0. The minimum atomic E-state index is -0.297. The van der Waals surface area contributed by atoms with Crippen LogP contribution in [0.1, 0.15) is 27.2 Å². The summed E-state index contributed by atoms with van der Waals surface area (Å²) in [5, 5.41) is 0. The van der Waals surface area contributed by atoms with Crippen molar-refractivity contribution in [2.75, 3.05) is 7.11 Å². The van der Waals surface area contributed by atoms with Crippen LogP contribution in [0, 0.1) is 13.8 Å². The molecule has 0 saturated carbocycles. The van der Waals surface area contributed by atoms with Crippen molar-refractivity contribution in [3.63, 3.8) is 0 Å². The van der Waals surface area contributed by atoms with Crippen LogP contribution in [0.5, 0.6) is 0 Å². The number of aryl methyl sites for hydroxylation is 1. The molecular weight excluding hydrogens is 298 g/mol. The Morgan fingerprint density at radius 2 is 1.67 bits per heavy atom. The molecule has 0 fully saturated rings. The highest BCUT2D eigenvalue weighted by Gasteiger charge is 2.19. The number of carbonyl (C=O) groups is 1. The summed E-state index contributed by atoms with van der Waals surface area (Å²) in [5.74, 6) is -0.297. The van der Waals surface area contributed by atoms with Crippen LogP contribution in [0.4, 0.5) is 0 Å². The molecule has 0 aliphatic heterocycles. The van der Waals surface area contributed by atoms with Gasteiger partial charge in [-0.2, -0.15) is 0 Å². The van der Waals surface area contributed by atoms with E-state index >= 15 is 0 Å². The van der Waals surface area contributed by atoms with Gasteiger partial charge in [0.2, 0.25) is 0 Å². The molecule has 122 valence electrons. The molecule has 0 aliphatic rings. The van der Waals surface area contributed by atoms with Gasteiger partial charge in [-0.15, -0.1) is 0 Å². The van der Waals surface area contributed by atoms with Gasteiger partial charge in [-0.25, -0.2) is 4.79 Å². The van der Waals surface area contributed by atoms with E-state index in [4.69, 9.17) is 4.74 Å². The summed E-state index contributed by atoms with van der Waals surface area (Å²) < 4.78 is 7.13. The highest BCUT2D eigenvalue weighted by atomic mass is 16.5. The van der Waals surface area contributed by atoms with Crippen LogP contribution in [0.25, 0.3) is 11.3 Å². The smallest absolute Gasteiger partial charge is 0.339 e. The molecule has 24 heavy (non-hydrogen) atoms. The van der Waals surface area contributed by atoms with Gasteiger partial charge >= 0.3 is 5.97 Å². The highest BCUT2D eigenvalue weighted by molar-refractivity contribution is 5.92. The topological polar surface area (TPSA) is 31.2 Å². The Balaban J connectivity index is 2.16. The first-order chi connectivity index (χ1) is 11.6. The number of aromatic nitrogens is 1. The lowest BCUT2D eigenvalue weighted by Crippen LogP contribution is -2.07. The lowest BCUT2D eigenvalue weighted by Gasteiger charge is -2.14. The lowest BCUT2D eigenvalue weighted by atomic mass is 10.1. The molecule has 0 aliphatic carbocycles. The van der Waals surface area contributed by atoms with Crippen molar-refractivity contribution in [1.82, 2.24) is 4.57 Å². The summed E-state index contributed by atoms with van der Waals surface area (Å²) in [6.07, 6.45) is 0. The van der Waals surface area contributed by atoms with Crippen molar-refractivity contribution in [2.24, 2.45) is 0 Å². The first-order valence-electron chi connectivity index (χ1n) is 8.00. The molecule has 1 aromatic heterocycles. The molecule has 1 heterocycles. The maximum absolute atomic E-state index is 12.1. The Labute approximate surface area is 142 Å². The van der Waals surface area contributed by atoms with E-state index in [9.17, 15) is 4.79 Å². The third kappa shape index (κ3) is 2.98. The first kappa shape index (κ1) is 16.1. The van der Waals surface area contributed by atoms with Gasteiger partial charge in [-0.05, 0) is 31.0 Å². The van der Waals surface area contributed by atoms with E-state index in [2.05, 4.69) is 35.8 Å². The predicted molar refractivity (Wildman–Crippen MR) is 96.2 cm³/mol. The van der Waals surface area contributed by atoms with Crippen molar-refractivity contribution >= 4 is 5.97 Å². The summed E-state index contributed by atoms with van der Waals surface area (Å²) in [7, 11) is 1.42. The van der Waals surface area contributed by atoms with Crippen LogP contribution in [0.2, 0.25) is 0 Å². The molecule has 2 aromatic carbocycles. The van der Waals surface area contributed by atoms with Crippen molar-refractivity contribution in [3.8, 4) is 11.3 Å². The normalized spacial score (nSPS) is 10.6. The Kier molecular flexibility index (Phi) is 4.52. The second kappa shape index (κ2) is 6.75. The third-order valence-electron chi connectivity index (χ3n) is 4.38. The number of nitrogens with zero attached hydrogens (tertiary/aromatic N) is 1. The number of rotatable bonds is 4. The largest absolute Gasteiger partial charge is 0.465 e. The summed E-state index contributed by atoms with van der Waals surface area (Å²) >= 11 is 0. The lowest BCUT2D eigenvalue weighted by molar-refractivity contribution is 0.0600. The van der Waals surface area contributed by atoms with Gasteiger partial charge in [0.05, 0.1) is 12.7 Å². The quantitative estimate of drug-likeness (QED) is 0.658. The van der Waals surface area contributed by atoms with Crippen molar-refractivity contribution in [2.45, 2.75) is 20.4 Å². The Hall–Kier alpha value is -2.81. The van der Waals surface area contributed by atoms with Crippen LogP contribution >= 0.6 is 0 Å². The van der Waals surface area contributed by atoms with E-state index in [1.165, 1.54) is 18.2 Å². The minimum absolute atomic E-state index is 0.297. The summed E-state index contributed by atoms with van der Waals surface area (Å²) in [6, 6.07) is 20.4. The van der Waals surface area contributed by atoms with Gasteiger partial charge in [0.25, 0.3) is 0 Å². The molecule has 0 unspecified atom stereocenters. The van der Waals surface area contributed by atoms with Gasteiger partial charge in [0, 0.05) is 23.5 Å².